The van der Waals surface area contributed by atoms with Gasteiger partial charge in [-0.05, 0) is 72.9 Å². The van der Waals surface area contributed by atoms with Crippen molar-refractivity contribution in [2.75, 3.05) is 0 Å². The van der Waals surface area contributed by atoms with E-state index in [0.29, 0.717) is 0 Å². The van der Waals surface area contributed by atoms with Crippen molar-refractivity contribution >= 4 is 5.78 Å². The second-order valence-electron chi connectivity index (χ2n) is 7.14. The smallest absolute Gasteiger partial charge is 0.270 e. The quantitative estimate of drug-likeness (QED) is 0.404. The molecule has 2 aromatic rings. The Hall–Kier alpha value is -2.77. The van der Waals surface area contributed by atoms with E-state index < -0.39 is 0 Å². The van der Waals surface area contributed by atoms with Crippen LogP contribution < -0.4 is 0 Å². The van der Waals surface area contributed by atoms with Crippen LogP contribution in [-0.4, -0.2) is 5.78 Å². The molecule has 0 aliphatic rings. The molecule has 0 radical (unpaired) electrons. The first kappa shape index (κ1) is 21.5. The first-order chi connectivity index (χ1) is 13.7. The Bertz CT molecular complexity index is 775. The number of Topliss-reactive ketones (excluding diaryl/α,β-unsaturated/α-hetero) is 1. The van der Waals surface area contributed by atoms with Gasteiger partial charge in [-0.3, -0.25) is 4.79 Å². The van der Waals surface area contributed by atoms with Crippen molar-refractivity contribution in [2.24, 2.45) is 0 Å². The van der Waals surface area contributed by atoms with E-state index in [1.165, 1.54) is 49.7 Å². The maximum Gasteiger partial charge on any atom is 0.279 e. The summed E-state index contributed by atoms with van der Waals surface area (Å²) in [4.78, 5) is 11.9. The van der Waals surface area contributed by atoms with Crippen LogP contribution in [-0.2, 0) is 17.6 Å². The first-order valence-corrected chi connectivity index (χ1v) is 10.5. The molecule has 0 saturated heterocycles. The summed E-state index contributed by atoms with van der Waals surface area (Å²) in [6, 6.07) is 16.3. The van der Waals surface area contributed by atoms with Gasteiger partial charge in [-0.1, -0.05) is 75.6 Å². The van der Waals surface area contributed by atoms with E-state index in [4.69, 9.17) is 0 Å². The molecule has 28 heavy (non-hydrogen) atoms. The normalized spacial score (nSPS) is 9.79. The minimum Gasteiger partial charge on any atom is -0.270 e. The summed E-state index contributed by atoms with van der Waals surface area (Å²) in [7, 11) is 0. The van der Waals surface area contributed by atoms with Crippen LogP contribution in [0.5, 0.6) is 0 Å². The van der Waals surface area contributed by atoms with Crippen LogP contribution >= 0.6 is 0 Å². The molecule has 0 N–H and O–H groups in total. The number of ketones is 1. The molecule has 0 saturated carbocycles. The third kappa shape index (κ3) is 8.28. The molecule has 1 nitrogen and oxygen atoms in total. The van der Waals surface area contributed by atoms with E-state index in [-0.39, 0.29) is 5.78 Å². The number of unbranched alkanes of at least 4 members (excludes halogenated alkanes) is 4. The lowest BCUT2D eigenvalue weighted by Crippen LogP contribution is -1.89. The van der Waals surface area contributed by atoms with Gasteiger partial charge in [0.1, 0.15) is 0 Å². The molecule has 0 heterocycles. The lowest BCUT2D eigenvalue weighted by Gasteiger charge is -2.00. The predicted molar refractivity (Wildman–Crippen MR) is 118 cm³/mol. The Morgan fingerprint density at radius 2 is 1.04 bits per heavy atom. The number of hydrogen-bond acceptors (Lipinski definition) is 1. The van der Waals surface area contributed by atoms with Gasteiger partial charge in [0.15, 0.2) is 0 Å². The van der Waals surface area contributed by atoms with Crippen molar-refractivity contribution in [3.8, 4) is 23.7 Å². The zero-order valence-corrected chi connectivity index (χ0v) is 17.2. The van der Waals surface area contributed by atoms with E-state index in [9.17, 15) is 4.79 Å². The van der Waals surface area contributed by atoms with Crippen molar-refractivity contribution in [1.29, 1.82) is 0 Å². The molecule has 2 aromatic carbocycles. The summed E-state index contributed by atoms with van der Waals surface area (Å²) >= 11 is 0. The molecule has 0 aliphatic heterocycles. The number of carbonyl (C=O) groups is 1. The van der Waals surface area contributed by atoms with E-state index in [1.54, 1.807) is 0 Å². The topological polar surface area (TPSA) is 17.1 Å². The number of benzene rings is 2. The lowest BCUT2D eigenvalue weighted by molar-refractivity contribution is -0.108. The largest absolute Gasteiger partial charge is 0.279 e. The highest BCUT2D eigenvalue weighted by molar-refractivity contribution is 6.09. The predicted octanol–water partition coefficient (Wildman–Crippen LogP) is 6.12. The Balaban J connectivity index is 1.87. The minimum absolute atomic E-state index is 0.348. The average molecular weight is 371 g/mol. The molecule has 0 bridgehead atoms. The summed E-state index contributed by atoms with van der Waals surface area (Å²) < 4.78 is 0. The molecule has 0 spiro atoms. The van der Waals surface area contributed by atoms with Crippen molar-refractivity contribution in [1.82, 2.24) is 0 Å². The zero-order chi connectivity index (χ0) is 20.0. The molecule has 0 aromatic heterocycles. The van der Waals surface area contributed by atoms with Crippen LogP contribution in [0.1, 0.15) is 74.6 Å². The average Bonchev–Trinajstić information content (AvgIpc) is 2.73. The first-order valence-electron chi connectivity index (χ1n) is 10.5. The Labute approximate surface area is 170 Å². The summed E-state index contributed by atoms with van der Waals surface area (Å²) in [6.07, 6.45) is 9.62. The van der Waals surface area contributed by atoms with Gasteiger partial charge < -0.3 is 0 Å². The van der Waals surface area contributed by atoms with Gasteiger partial charge in [0.05, 0.1) is 0 Å². The highest BCUT2D eigenvalue weighted by Crippen LogP contribution is 2.09. The fourth-order valence-corrected chi connectivity index (χ4v) is 2.96. The molecule has 2 rings (SSSR count). The molecule has 0 unspecified atom stereocenters. The second kappa shape index (κ2) is 12.6. The Kier molecular flexibility index (Phi) is 9.68. The molecular weight excluding hydrogens is 340 g/mol. The third-order valence-electron chi connectivity index (χ3n) is 4.69. The Morgan fingerprint density at radius 3 is 1.39 bits per heavy atom. The maximum absolute atomic E-state index is 11.9. The van der Waals surface area contributed by atoms with Crippen LogP contribution in [0, 0.1) is 23.7 Å². The fourth-order valence-electron chi connectivity index (χ4n) is 2.96. The van der Waals surface area contributed by atoms with Gasteiger partial charge in [-0.25, -0.2) is 0 Å². The maximum atomic E-state index is 11.9. The highest BCUT2D eigenvalue weighted by Gasteiger charge is 1.96. The molecular formula is C27H30O. The molecule has 1 heteroatoms. The third-order valence-corrected chi connectivity index (χ3v) is 4.69. The monoisotopic (exact) mass is 370 g/mol. The van der Waals surface area contributed by atoms with Gasteiger partial charge in [0, 0.05) is 11.1 Å². The highest BCUT2D eigenvalue weighted by atomic mass is 16.1. The number of aryl methyl sites for hydroxylation is 2. The van der Waals surface area contributed by atoms with Crippen LogP contribution in [0.3, 0.4) is 0 Å². The minimum atomic E-state index is -0.348. The molecule has 144 valence electrons. The molecule has 0 fully saturated rings. The van der Waals surface area contributed by atoms with Gasteiger partial charge in [0.25, 0.3) is 5.78 Å². The number of rotatable bonds is 8. The second-order valence-corrected chi connectivity index (χ2v) is 7.14. The molecule has 0 atom stereocenters. The number of carbonyl (C=O) groups excluding carboxylic acids is 1. The lowest BCUT2D eigenvalue weighted by atomic mass is 10.1. The summed E-state index contributed by atoms with van der Waals surface area (Å²) in [5, 5.41) is 0. The molecule has 0 aliphatic carbocycles. The van der Waals surface area contributed by atoms with E-state index in [1.807, 2.05) is 24.3 Å². The van der Waals surface area contributed by atoms with Crippen molar-refractivity contribution in [3.05, 3.63) is 70.8 Å². The van der Waals surface area contributed by atoms with Gasteiger partial charge in [-0.2, -0.15) is 0 Å². The summed E-state index contributed by atoms with van der Waals surface area (Å²) in [6.45, 7) is 4.42. The Morgan fingerprint density at radius 1 is 0.643 bits per heavy atom. The van der Waals surface area contributed by atoms with Gasteiger partial charge in [-0.15, -0.1) is 0 Å². The van der Waals surface area contributed by atoms with Crippen LogP contribution in [0.15, 0.2) is 48.5 Å². The van der Waals surface area contributed by atoms with E-state index in [0.717, 1.165) is 24.0 Å². The summed E-state index contributed by atoms with van der Waals surface area (Å²) in [5.41, 5.74) is 4.35. The van der Waals surface area contributed by atoms with E-state index in [2.05, 4.69) is 61.8 Å². The van der Waals surface area contributed by atoms with Crippen LogP contribution in [0.25, 0.3) is 0 Å². The zero-order valence-electron chi connectivity index (χ0n) is 17.2. The van der Waals surface area contributed by atoms with Crippen LogP contribution in [0.2, 0.25) is 0 Å². The SMILES string of the molecule is CCCCCc1ccc(C#CC(=O)C#Cc2ccc(CCCCC)cc2)cc1. The van der Waals surface area contributed by atoms with E-state index >= 15 is 0 Å². The number of hydrogen-bond donors (Lipinski definition) is 0. The standard InChI is InChI=1S/C27H30O/c1-3-5-7-9-23-11-15-25(16-12-23)19-21-27(28)22-20-26-17-13-24(14-18-26)10-8-6-4-2/h11-18H,3-10H2,1-2H3. The van der Waals surface area contributed by atoms with Gasteiger partial charge >= 0.3 is 0 Å². The van der Waals surface area contributed by atoms with Gasteiger partial charge in [0.2, 0.25) is 0 Å². The molecule has 0 amide bonds. The van der Waals surface area contributed by atoms with Crippen LogP contribution in [0.4, 0.5) is 0 Å². The van der Waals surface area contributed by atoms with Crippen molar-refractivity contribution in [2.45, 2.75) is 65.2 Å². The summed E-state index contributed by atoms with van der Waals surface area (Å²) in [5.74, 6) is 10.7. The van der Waals surface area contributed by atoms with Crippen molar-refractivity contribution < 1.29 is 4.79 Å². The van der Waals surface area contributed by atoms with Crippen molar-refractivity contribution in [3.63, 3.8) is 0 Å². The fraction of sp³-hybridized carbons (Fsp3) is 0.370.